The predicted octanol–water partition coefficient (Wildman–Crippen LogP) is 3.59. The van der Waals surface area contributed by atoms with E-state index >= 15 is 0 Å². The Labute approximate surface area is 111 Å². The minimum atomic E-state index is -0.421. The molecule has 0 aliphatic carbocycles. The van der Waals surface area contributed by atoms with Crippen LogP contribution in [0.4, 0.5) is 15.8 Å². The Morgan fingerprint density at radius 3 is 2.84 bits per heavy atom. The van der Waals surface area contributed by atoms with Crippen LogP contribution in [0, 0.1) is 17.1 Å². The third-order valence-electron chi connectivity index (χ3n) is 2.62. The molecule has 0 aliphatic heterocycles. The molecule has 2 rings (SSSR count). The predicted molar refractivity (Wildman–Crippen MR) is 71.6 cm³/mol. The molecular weight excluding hydrogens is 243 g/mol. The monoisotopic (exact) mass is 256 g/mol. The molecule has 3 nitrogen and oxygen atoms in total. The summed E-state index contributed by atoms with van der Waals surface area (Å²) in [4.78, 5) is 0. The average molecular weight is 256 g/mol. The maximum atomic E-state index is 13.0. The van der Waals surface area contributed by atoms with Gasteiger partial charge in [-0.2, -0.15) is 5.26 Å². The fourth-order valence-corrected chi connectivity index (χ4v) is 1.78. The van der Waals surface area contributed by atoms with Crippen LogP contribution in [0.5, 0.6) is 0 Å². The number of nitrogens with zero attached hydrogens (tertiary/aromatic N) is 1. The number of hydrogen-bond acceptors (Lipinski definition) is 3. The summed E-state index contributed by atoms with van der Waals surface area (Å²) in [6.45, 7) is 0.518. The normalized spacial score (nSPS) is 9.95. The lowest BCUT2D eigenvalue weighted by atomic mass is 10.1. The number of rotatable bonds is 4. The zero-order valence-corrected chi connectivity index (χ0v) is 10.5. The van der Waals surface area contributed by atoms with Crippen molar-refractivity contribution in [3.63, 3.8) is 0 Å². The van der Waals surface area contributed by atoms with Gasteiger partial charge in [0, 0.05) is 12.8 Å². The first-order valence-corrected chi connectivity index (χ1v) is 5.77. The van der Waals surface area contributed by atoms with Gasteiger partial charge >= 0.3 is 0 Å². The van der Waals surface area contributed by atoms with E-state index in [0.717, 1.165) is 11.3 Å². The molecule has 0 heterocycles. The quantitative estimate of drug-likeness (QED) is 0.909. The Bertz CT molecular complexity index is 620. The van der Waals surface area contributed by atoms with Crippen molar-refractivity contribution >= 4 is 11.4 Å². The highest BCUT2D eigenvalue weighted by Crippen LogP contribution is 2.22. The molecule has 96 valence electrons. The molecule has 0 aromatic heterocycles. The van der Waals surface area contributed by atoms with E-state index in [1.54, 1.807) is 13.2 Å². The first-order valence-electron chi connectivity index (χ1n) is 5.77. The van der Waals surface area contributed by atoms with Crippen molar-refractivity contribution in [2.75, 3.05) is 12.4 Å². The van der Waals surface area contributed by atoms with Gasteiger partial charge in [-0.15, -0.1) is 0 Å². The molecule has 1 N–H and O–H groups in total. The SMILES string of the molecule is COCc1cccc(Nc2ccc(F)cc2C#N)c1. The van der Waals surface area contributed by atoms with Crippen molar-refractivity contribution in [2.24, 2.45) is 0 Å². The molecule has 0 unspecified atom stereocenters. The van der Waals surface area contributed by atoms with Gasteiger partial charge in [-0.1, -0.05) is 12.1 Å². The van der Waals surface area contributed by atoms with Crippen molar-refractivity contribution in [2.45, 2.75) is 6.61 Å². The fraction of sp³-hybridized carbons (Fsp3) is 0.133. The summed E-state index contributed by atoms with van der Waals surface area (Å²) < 4.78 is 18.1. The minimum absolute atomic E-state index is 0.275. The number of halogens is 1. The molecule has 0 fully saturated rings. The summed E-state index contributed by atoms with van der Waals surface area (Å²) in [7, 11) is 1.63. The highest BCUT2D eigenvalue weighted by atomic mass is 19.1. The van der Waals surface area contributed by atoms with E-state index in [1.165, 1.54) is 12.1 Å². The molecular formula is C15H13FN2O. The van der Waals surface area contributed by atoms with Crippen molar-refractivity contribution < 1.29 is 9.13 Å². The Kier molecular flexibility index (Phi) is 4.11. The first kappa shape index (κ1) is 13.1. The van der Waals surface area contributed by atoms with Gasteiger partial charge in [-0.3, -0.25) is 0 Å². The van der Waals surface area contributed by atoms with Gasteiger partial charge in [0.15, 0.2) is 0 Å². The molecule has 0 saturated carbocycles. The standard InChI is InChI=1S/C15H13FN2O/c1-19-10-11-3-2-4-14(7-11)18-15-6-5-13(16)8-12(15)9-17/h2-8,18H,10H2,1H3. The Morgan fingerprint density at radius 2 is 2.11 bits per heavy atom. The molecule has 0 radical (unpaired) electrons. The number of nitrogens with one attached hydrogen (secondary N) is 1. The van der Waals surface area contributed by atoms with Gasteiger partial charge in [0.25, 0.3) is 0 Å². The molecule has 19 heavy (non-hydrogen) atoms. The molecule has 0 spiro atoms. The zero-order valence-electron chi connectivity index (χ0n) is 10.5. The summed E-state index contributed by atoms with van der Waals surface area (Å²) in [6.07, 6.45) is 0. The van der Waals surface area contributed by atoms with Crippen LogP contribution in [0.25, 0.3) is 0 Å². The minimum Gasteiger partial charge on any atom is -0.380 e. The largest absolute Gasteiger partial charge is 0.380 e. The van der Waals surface area contributed by atoms with Crippen LogP contribution in [0.1, 0.15) is 11.1 Å². The smallest absolute Gasteiger partial charge is 0.124 e. The van der Waals surface area contributed by atoms with Gasteiger partial charge in [0.05, 0.1) is 17.9 Å². The Hall–Kier alpha value is -2.38. The average Bonchev–Trinajstić information content (AvgIpc) is 2.41. The highest BCUT2D eigenvalue weighted by molar-refractivity contribution is 5.66. The molecule has 4 heteroatoms. The second kappa shape index (κ2) is 5.98. The molecule has 0 atom stereocenters. The van der Waals surface area contributed by atoms with E-state index in [9.17, 15) is 4.39 Å². The maximum Gasteiger partial charge on any atom is 0.124 e. The fourth-order valence-electron chi connectivity index (χ4n) is 1.78. The van der Waals surface area contributed by atoms with Crippen LogP contribution in [-0.2, 0) is 11.3 Å². The molecule has 2 aromatic carbocycles. The van der Waals surface area contributed by atoms with Crippen LogP contribution in [-0.4, -0.2) is 7.11 Å². The van der Waals surface area contributed by atoms with Crippen LogP contribution >= 0.6 is 0 Å². The first-order chi connectivity index (χ1) is 9.22. The second-order valence-electron chi connectivity index (χ2n) is 4.06. The maximum absolute atomic E-state index is 13.0. The number of benzene rings is 2. The van der Waals surface area contributed by atoms with Gasteiger partial charge in [-0.25, -0.2) is 4.39 Å². The van der Waals surface area contributed by atoms with Gasteiger partial charge < -0.3 is 10.1 Å². The van der Waals surface area contributed by atoms with Crippen LogP contribution in [0.3, 0.4) is 0 Å². The number of methoxy groups -OCH3 is 1. The van der Waals surface area contributed by atoms with Crippen molar-refractivity contribution in [3.8, 4) is 6.07 Å². The lowest BCUT2D eigenvalue weighted by molar-refractivity contribution is 0.185. The third kappa shape index (κ3) is 3.30. The van der Waals surface area contributed by atoms with E-state index < -0.39 is 5.82 Å². The number of hydrogen-bond donors (Lipinski definition) is 1. The van der Waals surface area contributed by atoms with Crippen molar-refractivity contribution in [1.29, 1.82) is 5.26 Å². The molecule has 0 amide bonds. The number of nitriles is 1. The van der Waals surface area contributed by atoms with E-state index in [1.807, 2.05) is 30.3 Å². The molecule has 0 bridgehead atoms. The summed E-state index contributed by atoms with van der Waals surface area (Å²) in [5.41, 5.74) is 2.71. The lowest BCUT2D eigenvalue weighted by Gasteiger charge is -2.09. The number of anilines is 2. The van der Waals surface area contributed by atoms with Crippen LogP contribution < -0.4 is 5.32 Å². The summed E-state index contributed by atoms with van der Waals surface area (Å²) in [6, 6.07) is 13.7. The Morgan fingerprint density at radius 1 is 1.26 bits per heavy atom. The number of ether oxygens (including phenoxy) is 1. The van der Waals surface area contributed by atoms with E-state index in [0.29, 0.717) is 12.3 Å². The van der Waals surface area contributed by atoms with Crippen molar-refractivity contribution in [1.82, 2.24) is 0 Å². The summed E-state index contributed by atoms with van der Waals surface area (Å²) in [5.74, 6) is -0.421. The summed E-state index contributed by atoms with van der Waals surface area (Å²) >= 11 is 0. The van der Waals surface area contributed by atoms with Crippen molar-refractivity contribution in [3.05, 3.63) is 59.4 Å². The molecule has 0 aliphatic rings. The van der Waals surface area contributed by atoms with Gasteiger partial charge in [0.2, 0.25) is 0 Å². The van der Waals surface area contributed by atoms with Crippen LogP contribution in [0.2, 0.25) is 0 Å². The molecule has 0 saturated heterocycles. The highest BCUT2D eigenvalue weighted by Gasteiger charge is 2.04. The second-order valence-corrected chi connectivity index (χ2v) is 4.06. The summed E-state index contributed by atoms with van der Waals surface area (Å²) in [5, 5.41) is 12.1. The Balaban J connectivity index is 2.26. The lowest BCUT2D eigenvalue weighted by Crippen LogP contribution is -1.96. The third-order valence-corrected chi connectivity index (χ3v) is 2.62. The van der Waals surface area contributed by atoms with Gasteiger partial charge in [-0.05, 0) is 35.9 Å². The van der Waals surface area contributed by atoms with E-state index in [4.69, 9.17) is 10.00 Å². The zero-order chi connectivity index (χ0) is 13.7. The van der Waals surface area contributed by atoms with E-state index in [-0.39, 0.29) is 5.56 Å². The molecule has 2 aromatic rings. The van der Waals surface area contributed by atoms with Crippen LogP contribution in [0.15, 0.2) is 42.5 Å². The van der Waals surface area contributed by atoms with Gasteiger partial charge in [0.1, 0.15) is 11.9 Å². The van der Waals surface area contributed by atoms with E-state index in [2.05, 4.69) is 5.32 Å². The topological polar surface area (TPSA) is 45.0 Å².